The Morgan fingerprint density at radius 3 is 2.57 bits per heavy atom. The molecule has 0 aliphatic heterocycles. The number of nitrogens with one attached hydrogen (secondary N) is 1. The van der Waals surface area contributed by atoms with Gasteiger partial charge in [-0.2, -0.15) is 0 Å². The second-order valence-corrected chi connectivity index (χ2v) is 7.96. The van der Waals surface area contributed by atoms with Crippen LogP contribution in [0.1, 0.15) is 16.6 Å². The van der Waals surface area contributed by atoms with Crippen molar-refractivity contribution in [1.29, 1.82) is 0 Å². The average Bonchev–Trinajstić information content (AvgIpc) is 3.01. The lowest BCUT2D eigenvalue weighted by Crippen LogP contribution is -2.30. The van der Waals surface area contributed by atoms with Gasteiger partial charge in [0.25, 0.3) is 5.91 Å². The molecule has 0 bridgehead atoms. The fraction of sp³-hybridized carbons (Fsp3) is 0.158. The lowest BCUT2D eigenvalue weighted by atomic mass is 10.2. The molecule has 1 aromatic heterocycles. The number of carbonyl (C=O) groups is 2. The summed E-state index contributed by atoms with van der Waals surface area (Å²) in [5.74, 6) is -0.585. The average molecular weight is 459 g/mol. The molecule has 146 valence electrons. The molecule has 3 rings (SSSR count). The van der Waals surface area contributed by atoms with E-state index < -0.39 is 18.0 Å². The summed E-state index contributed by atoms with van der Waals surface area (Å²) in [6.45, 7) is 1.45. The van der Waals surface area contributed by atoms with Crippen molar-refractivity contribution in [3.05, 3.63) is 56.3 Å². The molecule has 1 amide bonds. The number of rotatable bonds is 5. The Hall–Kier alpha value is -1.99. The molecular formula is C19H14Cl3NO4S. The van der Waals surface area contributed by atoms with Crippen LogP contribution in [0.4, 0.5) is 5.69 Å². The van der Waals surface area contributed by atoms with Crippen molar-refractivity contribution in [2.75, 3.05) is 12.4 Å². The van der Waals surface area contributed by atoms with Crippen molar-refractivity contribution < 1.29 is 19.1 Å². The van der Waals surface area contributed by atoms with Crippen LogP contribution in [0.25, 0.3) is 10.1 Å². The molecule has 0 aliphatic rings. The second-order valence-electron chi connectivity index (χ2n) is 5.75. The number of hydrogen-bond donors (Lipinski definition) is 1. The van der Waals surface area contributed by atoms with E-state index in [0.29, 0.717) is 21.8 Å². The van der Waals surface area contributed by atoms with Crippen LogP contribution in [-0.4, -0.2) is 25.1 Å². The molecule has 0 aliphatic carbocycles. The highest BCUT2D eigenvalue weighted by atomic mass is 35.5. The monoisotopic (exact) mass is 457 g/mol. The zero-order valence-corrected chi connectivity index (χ0v) is 17.8. The lowest BCUT2D eigenvalue weighted by Gasteiger charge is -2.14. The zero-order valence-electron chi connectivity index (χ0n) is 14.7. The van der Waals surface area contributed by atoms with Gasteiger partial charge in [0.05, 0.1) is 27.9 Å². The van der Waals surface area contributed by atoms with E-state index in [9.17, 15) is 9.59 Å². The smallest absolute Gasteiger partial charge is 0.350 e. The van der Waals surface area contributed by atoms with E-state index in [0.717, 1.165) is 4.70 Å². The van der Waals surface area contributed by atoms with E-state index in [4.69, 9.17) is 44.3 Å². The first-order chi connectivity index (χ1) is 13.3. The molecular weight excluding hydrogens is 445 g/mol. The summed E-state index contributed by atoms with van der Waals surface area (Å²) in [7, 11) is 1.55. The third-order valence-electron chi connectivity index (χ3n) is 3.88. The van der Waals surface area contributed by atoms with Crippen LogP contribution in [0.15, 0.2) is 36.4 Å². The molecule has 0 fully saturated rings. The van der Waals surface area contributed by atoms with Gasteiger partial charge in [-0.1, -0.05) is 40.9 Å². The number of methoxy groups -OCH3 is 1. The Morgan fingerprint density at radius 2 is 1.86 bits per heavy atom. The third kappa shape index (κ3) is 4.20. The minimum atomic E-state index is -1.07. The van der Waals surface area contributed by atoms with Crippen LogP contribution in [0, 0.1) is 0 Å². The van der Waals surface area contributed by atoms with E-state index in [1.54, 1.807) is 43.5 Å². The number of hydrogen-bond acceptors (Lipinski definition) is 5. The maximum Gasteiger partial charge on any atom is 0.350 e. The quantitative estimate of drug-likeness (QED) is 0.472. The van der Waals surface area contributed by atoms with Gasteiger partial charge in [-0.3, -0.25) is 4.79 Å². The van der Waals surface area contributed by atoms with Crippen LogP contribution < -0.4 is 10.1 Å². The fourth-order valence-corrected chi connectivity index (χ4v) is 4.17. The predicted molar refractivity (Wildman–Crippen MR) is 113 cm³/mol. The van der Waals surface area contributed by atoms with Crippen molar-refractivity contribution in [2.24, 2.45) is 0 Å². The second kappa shape index (κ2) is 8.57. The van der Waals surface area contributed by atoms with Gasteiger partial charge in [-0.05, 0) is 37.3 Å². The molecule has 0 saturated carbocycles. The summed E-state index contributed by atoms with van der Waals surface area (Å²) in [6, 6.07) is 10.1. The number of amides is 1. The largest absolute Gasteiger partial charge is 0.497 e. The summed E-state index contributed by atoms with van der Waals surface area (Å²) in [4.78, 5) is 25.1. The highest BCUT2D eigenvalue weighted by Crippen LogP contribution is 2.37. The SMILES string of the molecule is COc1ccc2c(Cl)c(C(=O)OC(C)C(=O)Nc3cccc(Cl)c3Cl)sc2c1. The Morgan fingerprint density at radius 1 is 1.11 bits per heavy atom. The molecule has 5 nitrogen and oxygen atoms in total. The molecule has 1 heterocycles. The molecule has 0 spiro atoms. The minimum absolute atomic E-state index is 0.206. The summed E-state index contributed by atoms with van der Waals surface area (Å²) in [5.41, 5.74) is 0.328. The predicted octanol–water partition coefficient (Wildman–Crippen LogP) is 6.05. The summed E-state index contributed by atoms with van der Waals surface area (Å²) in [6.07, 6.45) is -1.07. The highest BCUT2D eigenvalue weighted by molar-refractivity contribution is 7.21. The van der Waals surface area contributed by atoms with Crippen LogP contribution in [0.3, 0.4) is 0 Å². The molecule has 9 heteroatoms. The number of thiophene rings is 1. The third-order valence-corrected chi connectivity index (χ3v) is 6.34. The summed E-state index contributed by atoms with van der Waals surface area (Å²) >= 11 is 19.5. The topological polar surface area (TPSA) is 64.6 Å². The Kier molecular flexibility index (Phi) is 6.35. The number of benzene rings is 2. The Balaban J connectivity index is 1.75. The van der Waals surface area contributed by atoms with Gasteiger partial charge in [-0.15, -0.1) is 11.3 Å². The van der Waals surface area contributed by atoms with Crippen molar-refractivity contribution in [3.8, 4) is 5.75 Å². The van der Waals surface area contributed by atoms with Crippen LogP contribution >= 0.6 is 46.1 Å². The van der Waals surface area contributed by atoms with Crippen molar-refractivity contribution in [2.45, 2.75) is 13.0 Å². The number of fused-ring (bicyclic) bond motifs is 1. The van der Waals surface area contributed by atoms with Crippen molar-refractivity contribution in [1.82, 2.24) is 0 Å². The Bertz CT molecular complexity index is 1070. The first-order valence-corrected chi connectivity index (χ1v) is 9.98. The van der Waals surface area contributed by atoms with Gasteiger partial charge in [-0.25, -0.2) is 4.79 Å². The van der Waals surface area contributed by atoms with Crippen molar-refractivity contribution in [3.63, 3.8) is 0 Å². The fourth-order valence-electron chi connectivity index (χ4n) is 2.41. The number of halogens is 3. The summed E-state index contributed by atoms with van der Waals surface area (Å²) < 4.78 is 11.2. The van der Waals surface area contributed by atoms with Gasteiger partial charge >= 0.3 is 5.97 Å². The molecule has 3 aromatic rings. The standard InChI is InChI=1S/C19H14Cl3NO4S/c1-9(18(24)23-13-5-3-4-12(20)16(13)22)27-19(25)17-15(21)11-7-6-10(26-2)8-14(11)28-17/h3-9H,1-2H3,(H,23,24). The molecule has 2 aromatic carbocycles. The number of ether oxygens (including phenoxy) is 2. The minimum Gasteiger partial charge on any atom is -0.497 e. The first-order valence-electron chi connectivity index (χ1n) is 8.03. The number of esters is 1. The van der Waals surface area contributed by atoms with Crippen LogP contribution in [0.5, 0.6) is 5.75 Å². The zero-order chi connectivity index (χ0) is 20.4. The van der Waals surface area contributed by atoms with Gasteiger partial charge in [0, 0.05) is 10.1 Å². The van der Waals surface area contributed by atoms with E-state index in [-0.39, 0.29) is 14.9 Å². The first kappa shape index (κ1) is 20.7. The van der Waals surface area contributed by atoms with Crippen molar-refractivity contribution >= 4 is 73.8 Å². The molecule has 1 atom stereocenters. The molecule has 1 N–H and O–H groups in total. The number of carbonyl (C=O) groups excluding carboxylic acids is 2. The summed E-state index contributed by atoms with van der Waals surface area (Å²) in [5, 5.41) is 4.08. The van der Waals surface area contributed by atoms with Gasteiger partial charge in [0.2, 0.25) is 0 Å². The molecule has 0 saturated heterocycles. The van der Waals surface area contributed by atoms with Gasteiger partial charge < -0.3 is 14.8 Å². The number of anilines is 1. The highest BCUT2D eigenvalue weighted by Gasteiger charge is 2.24. The van der Waals surface area contributed by atoms with Gasteiger partial charge in [0.1, 0.15) is 10.6 Å². The van der Waals surface area contributed by atoms with E-state index in [1.165, 1.54) is 18.3 Å². The molecule has 1 unspecified atom stereocenters. The maximum absolute atomic E-state index is 12.5. The van der Waals surface area contributed by atoms with E-state index in [1.807, 2.05) is 0 Å². The van der Waals surface area contributed by atoms with Crippen LogP contribution in [0.2, 0.25) is 15.1 Å². The van der Waals surface area contributed by atoms with E-state index >= 15 is 0 Å². The molecule has 0 radical (unpaired) electrons. The van der Waals surface area contributed by atoms with E-state index in [2.05, 4.69) is 5.32 Å². The van der Waals surface area contributed by atoms with Crippen LogP contribution in [-0.2, 0) is 9.53 Å². The normalized spacial score (nSPS) is 11.9. The lowest BCUT2D eigenvalue weighted by molar-refractivity contribution is -0.123. The molecule has 28 heavy (non-hydrogen) atoms. The van der Waals surface area contributed by atoms with Gasteiger partial charge in [0.15, 0.2) is 6.10 Å². The maximum atomic E-state index is 12.5. The Labute approximate surface area is 180 Å².